The van der Waals surface area contributed by atoms with Crippen molar-refractivity contribution in [1.82, 2.24) is 0 Å². The fraction of sp³-hybridized carbons (Fsp3) is 0.933. The molecule has 3 heteroatoms. The molecule has 1 atom stereocenters. The van der Waals surface area contributed by atoms with Crippen LogP contribution in [-0.2, 0) is 9.53 Å². The van der Waals surface area contributed by atoms with E-state index in [9.17, 15) is 4.79 Å². The Labute approximate surface area is 111 Å². The monoisotopic (exact) mass is 255 g/mol. The highest BCUT2D eigenvalue weighted by molar-refractivity contribution is 5.77. The topological polar surface area (TPSA) is 52.3 Å². The number of rotatable bonds is 6. The van der Waals surface area contributed by atoms with Crippen LogP contribution in [0.4, 0.5) is 0 Å². The fourth-order valence-electron chi connectivity index (χ4n) is 3.14. The summed E-state index contributed by atoms with van der Waals surface area (Å²) in [5.74, 6) is 0.797. The minimum atomic E-state index is -0.474. The van der Waals surface area contributed by atoms with Crippen LogP contribution in [0.2, 0.25) is 0 Å². The van der Waals surface area contributed by atoms with Crippen LogP contribution in [0.1, 0.15) is 59.3 Å². The maximum absolute atomic E-state index is 12.3. The Morgan fingerprint density at radius 1 is 1.33 bits per heavy atom. The van der Waals surface area contributed by atoms with Crippen molar-refractivity contribution in [2.75, 3.05) is 13.2 Å². The van der Waals surface area contributed by atoms with Gasteiger partial charge in [-0.3, -0.25) is 4.79 Å². The highest BCUT2D eigenvalue weighted by atomic mass is 16.5. The standard InChI is InChI=1S/C15H29NO2/c1-4-18-14(17)15(11-16,12(2)3)10-13-8-6-5-7-9-13/h12-13H,4-11,16H2,1-3H3. The summed E-state index contributed by atoms with van der Waals surface area (Å²) in [6.07, 6.45) is 7.33. The van der Waals surface area contributed by atoms with Gasteiger partial charge in [-0.2, -0.15) is 0 Å². The molecule has 0 aromatic rings. The summed E-state index contributed by atoms with van der Waals surface area (Å²) >= 11 is 0. The summed E-state index contributed by atoms with van der Waals surface area (Å²) in [6, 6.07) is 0. The molecule has 0 spiro atoms. The van der Waals surface area contributed by atoms with E-state index in [1.165, 1.54) is 32.1 Å². The molecule has 0 bridgehead atoms. The van der Waals surface area contributed by atoms with Crippen molar-refractivity contribution in [3.63, 3.8) is 0 Å². The van der Waals surface area contributed by atoms with E-state index in [-0.39, 0.29) is 11.9 Å². The molecule has 1 fully saturated rings. The van der Waals surface area contributed by atoms with Gasteiger partial charge in [0.2, 0.25) is 0 Å². The van der Waals surface area contributed by atoms with Crippen molar-refractivity contribution in [3.05, 3.63) is 0 Å². The van der Waals surface area contributed by atoms with E-state index in [0.29, 0.717) is 19.1 Å². The molecule has 1 aliphatic rings. The zero-order valence-corrected chi connectivity index (χ0v) is 12.2. The van der Waals surface area contributed by atoms with Crippen molar-refractivity contribution < 1.29 is 9.53 Å². The Kier molecular flexibility index (Phi) is 6.13. The van der Waals surface area contributed by atoms with E-state index < -0.39 is 5.41 Å². The molecule has 1 saturated carbocycles. The molecule has 1 rings (SSSR count). The van der Waals surface area contributed by atoms with Crippen LogP contribution < -0.4 is 5.73 Å². The third-order valence-corrected chi connectivity index (χ3v) is 4.53. The van der Waals surface area contributed by atoms with Gasteiger partial charge in [-0.05, 0) is 25.2 Å². The van der Waals surface area contributed by atoms with Gasteiger partial charge in [0.25, 0.3) is 0 Å². The second-order valence-electron chi connectivity index (χ2n) is 5.94. The van der Waals surface area contributed by atoms with Crippen LogP contribution in [0, 0.1) is 17.3 Å². The van der Waals surface area contributed by atoms with Gasteiger partial charge in [-0.15, -0.1) is 0 Å². The van der Waals surface area contributed by atoms with E-state index in [1.807, 2.05) is 6.92 Å². The molecule has 0 aromatic carbocycles. The predicted molar refractivity (Wildman–Crippen MR) is 74.2 cm³/mol. The number of ether oxygens (including phenoxy) is 1. The van der Waals surface area contributed by atoms with E-state index in [2.05, 4.69) is 13.8 Å². The smallest absolute Gasteiger partial charge is 0.313 e. The van der Waals surface area contributed by atoms with Crippen LogP contribution in [0.25, 0.3) is 0 Å². The third-order valence-electron chi connectivity index (χ3n) is 4.53. The Morgan fingerprint density at radius 3 is 2.39 bits per heavy atom. The van der Waals surface area contributed by atoms with Crippen LogP contribution in [0.3, 0.4) is 0 Å². The largest absolute Gasteiger partial charge is 0.466 e. The van der Waals surface area contributed by atoms with Gasteiger partial charge in [0.05, 0.1) is 12.0 Å². The van der Waals surface area contributed by atoms with Crippen molar-refractivity contribution in [2.24, 2.45) is 23.0 Å². The minimum absolute atomic E-state index is 0.0897. The summed E-state index contributed by atoms with van der Waals surface area (Å²) in [6.45, 7) is 6.89. The van der Waals surface area contributed by atoms with Gasteiger partial charge >= 0.3 is 5.97 Å². The zero-order chi connectivity index (χ0) is 13.6. The zero-order valence-electron chi connectivity index (χ0n) is 12.2. The number of hydrogen-bond donors (Lipinski definition) is 1. The lowest BCUT2D eigenvalue weighted by atomic mass is 9.68. The SMILES string of the molecule is CCOC(=O)C(CN)(CC1CCCCC1)C(C)C. The van der Waals surface area contributed by atoms with Crippen LogP contribution >= 0.6 is 0 Å². The van der Waals surface area contributed by atoms with E-state index in [1.54, 1.807) is 0 Å². The van der Waals surface area contributed by atoms with Crippen molar-refractivity contribution in [2.45, 2.75) is 59.3 Å². The molecule has 2 N–H and O–H groups in total. The molecule has 0 aromatic heterocycles. The second-order valence-corrected chi connectivity index (χ2v) is 5.94. The molecule has 0 radical (unpaired) electrons. The number of nitrogens with two attached hydrogens (primary N) is 1. The van der Waals surface area contributed by atoms with Crippen molar-refractivity contribution in [1.29, 1.82) is 0 Å². The minimum Gasteiger partial charge on any atom is -0.466 e. The molecular weight excluding hydrogens is 226 g/mol. The van der Waals surface area contributed by atoms with Gasteiger partial charge in [0, 0.05) is 6.54 Å². The van der Waals surface area contributed by atoms with Gasteiger partial charge < -0.3 is 10.5 Å². The van der Waals surface area contributed by atoms with Crippen molar-refractivity contribution in [3.8, 4) is 0 Å². The third kappa shape index (κ3) is 3.47. The van der Waals surface area contributed by atoms with E-state index in [4.69, 9.17) is 10.5 Å². The molecule has 0 heterocycles. The summed E-state index contributed by atoms with van der Waals surface area (Å²) in [7, 11) is 0. The van der Waals surface area contributed by atoms with Gasteiger partial charge in [0.15, 0.2) is 0 Å². The molecule has 3 nitrogen and oxygen atoms in total. The second kappa shape index (κ2) is 7.13. The first-order valence-electron chi connectivity index (χ1n) is 7.44. The Balaban J connectivity index is 2.78. The van der Waals surface area contributed by atoms with Crippen LogP contribution in [0.5, 0.6) is 0 Å². The number of hydrogen-bond acceptors (Lipinski definition) is 3. The number of carbonyl (C=O) groups excluding carboxylic acids is 1. The number of esters is 1. The molecule has 0 aliphatic heterocycles. The highest BCUT2D eigenvalue weighted by Gasteiger charge is 2.43. The van der Waals surface area contributed by atoms with Gasteiger partial charge in [-0.25, -0.2) is 0 Å². The lowest BCUT2D eigenvalue weighted by Gasteiger charge is -2.38. The van der Waals surface area contributed by atoms with Crippen LogP contribution in [0.15, 0.2) is 0 Å². The van der Waals surface area contributed by atoms with E-state index >= 15 is 0 Å². The van der Waals surface area contributed by atoms with Crippen LogP contribution in [-0.4, -0.2) is 19.1 Å². The first kappa shape index (κ1) is 15.5. The molecule has 106 valence electrons. The molecule has 0 saturated heterocycles. The van der Waals surface area contributed by atoms with E-state index in [0.717, 1.165) is 6.42 Å². The quantitative estimate of drug-likeness (QED) is 0.742. The average Bonchev–Trinajstić information content (AvgIpc) is 2.37. The normalized spacial score (nSPS) is 20.7. The predicted octanol–water partition coefficient (Wildman–Crippen LogP) is 3.12. The Morgan fingerprint density at radius 2 is 1.94 bits per heavy atom. The summed E-state index contributed by atoms with van der Waals surface area (Å²) in [4.78, 5) is 12.3. The maximum Gasteiger partial charge on any atom is 0.313 e. The molecule has 1 unspecified atom stereocenters. The van der Waals surface area contributed by atoms with Crippen molar-refractivity contribution >= 4 is 5.97 Å². The highest BCUT2D eigenvalue weighted by Crippen LogP contribution is 2.40. The molecule has 18 heavy (non-hydrogen) atoms. The summed E-state index contributed by atoms with van der Waals surface area (Å²) < 4.78 is 5.28. The summed E-state index contributed by atoms with van der Waals surface area (Å²) in [5.41, 5.74) is 5.48. The van der Waals surface area contributed by atoms with Gasteiger partial charge in [0.1, 0.15) is 0 Å². The fourth-order valence-corrected chi connectivity index (χ4v) is 3.14. The molecule has 1 aliphatic carbocycles. The van der Waals surface area contributed by atoms with Gasteiger partial charge in [-0.1, -0.05) is 46.0 Å². The lowest BCUT2D eigenvalue weighted by molar-refractivity contribution is -0.159. The molecule has 0 amide bonds. The Bertz CT molecular complexity index is 259. The Hall–Kier alpha value is -0.570. The first-order valence-corrected chi connectivity index (χ1v) is 7.44. The summed E-state index contributed by atoms with van der Waals surface area (Å²) in [5, 5.41) is 0. The lowest BCUT2D eigenvalue weighted by Crippen LogP contribution is -2.46. The average molecular weight is 255 g/mol. The number of carbonyl (C=O) groups is 1. The first-order chi connectivity index (χ1) is 8.56. The maximum atomic E-state index is 12.3. The molecular formula is C15H29NO2.